The lowest BCUT2D eigenvalue weighted by molar-refractivity contribution is 0.0929. The quantitative estimate of drug-likeness (QED) is 0.545. The molecule has 0 radical (unpaired) electrons. The molecule has 1 amide bonds. The van der Waals surface area contributed by atoms with Crippen molar-refractivity contribution in [3.8, 4) is 11.4 Å². The Morgan fingerprint density at radius 1 is 1.14 bits per heavy atom. The van der Waals surface area contributed by atoms with Gasteiger partial charge in [0.25, 0.3) is 5.91 Å². The number of para-hydroxylation sites is 1. The number of aromatic nitrogens is 2. The van der Waals surface area contributed by atoms with E-state index in [0.717, 1.165) is 0 Å². The summed E-state index contributed by atoms with van der Waals surface area (Å²) in [6.45, 7) is 1.64. The minimum atomic E-state index is -0.735. The first kappa shape index (κ1) is 17.6. The summed E-state index contributed by atoms with van der Waals surface area (Å²) in [5, 5.41) is 7.11. The maximum absolute atomic E-state index is 13.0. The van der Waals surface area contributed by atoms with Gasteiger partial charge in [-0.25, -0.2) is 9.18 Å². The number of hydrogen-bond donors (Lipinski definition) is 1. The van der Waals surface area contributed by atoms with Crippen LogP contribution >= 0.6 is 0 Å². The van der Waals surface area contributed by atoms with Crippen LogP contribution in [0.5, 0.6) is 0 Å². The smallest absolute Gasteiger partial charge is 0.349 e. The van der Waals surface area contributed by atoms with Gasteiger partial charge in [-0.05, 0) is 43.3 Å². The number of rotatable bonds is 4. The van der Waals surface area contributed by atoms with Crippen LogP contribution in [0.2, 0.25) is 0 Å². The molecule has 0 unspecified atom stereocenters. The lowest BCUT2D eigenvalue weighted by atomic mass is 10.1. The van der Waals surface area contributed by atoms with Crippen molar-refractivity contribution in [2.45, 2.75) is 13.0 Å². The first-order valence-corrected chi connectivity index (χ1v) is 8.44. The molecular formula is C20H14FN3O4. The lowest BCUT2D eigenvalue weighted by Gasteiger charge is -2.09. The third-order valence-corrected chi connectivity index (χ3v) is 4.15. The number of nitrogens with zero attached hydrogens (tertiary/aromatic N) is 2. The molecule has 4 aromatic rings. The van der Waals surface area contributed by atoms with Crippen molar-refractivity contribution in [2.75, 3.05) is 0 Å². The van der Waals surface area contributed by atoms with Crippen LogP contribution in [0.3, 0.4) is 0 Å². The van der Waals surface area contributed by atoms with E-state index in [1.807, 2.05) is 0 Å². The molecule has 28 heavy (non-hydrogen) atoms. The van der Waals surface area contributed by atoms with Crippen LogP contribution in [0.1, 0.15) is 29.2 Å². The number of nitrogens with one attached hydrogen (secondary N) is 1. The summed E-state index contributed by atoms with van der Waals surface area (Å²) >= 11 is 0. The van der Waals surface area contributed by atoms with E-state index in [1.165, 1.54) is 30.3 Å². The molecule has 8 heteroatoms. The Kier molecular flexibility index (Phi) is 4.44. The van der Waals surface area contributed by atoms with Gasteiger partial charge in [-0.2, -0.15) is 4.98 Å². The van der Waals surface area contributed by atoms with E-state index in [0.29, 0.717) is 16.5 Å². The highest BCUT2D eigenvalue weighted by molar-refractivity contribution is 5.96. The Bertz CT molecular complexity index is 1210. The Hall–Kier alpha value is -3.81. The molecule has 0 bridgehead atoms. The molecule has 0 saturated carbocycles. The number of amides is 1. The Labute approximate surface area is 157 Å². The van der Waals surface area contributed by atoms with Crippen molar-refractivity contribution in [3.63, 3.8) is 0 Å². The van der Waals surface area contributed by atoms with Crippen molar-refractivity contribution in [1.29, 1.82) is 0 Å². The molecule has 7 nitrogen and oxygen atoms in total. The first-order chi connectivity index (χ1) is 13.5. The third kappa shape index (κ3) is 3.39. The average Bonchev–Trinajstić information content (AvgIpc) is 3.18. The van der Waals surface area contributed by atoms with Gasteiger partial charge in [-0.1, -0.05) is 23.4 Å². The van der Waals surface area contributed by atoms with Crippen LogP contribution in [0, 0.1) is 5.82 Å². The number of hydrogen-bond acceptors (Lipinski definition) is 6. The number of halogens is 1. The zero-order valence-corrected chi connectivity index (χ0v) is 14.7. The van der Waals surface area contributed by atoms with Gasteiger partial charge in [0.05, 0.1) is 0 Å². The van der Waals surface area contributed by atoms with Crippen LogP contribution in [0.4, 0.5) is 4.39 Å². The molecule has 0 saturated heterocycles. The molecular weight excluding hydrogens is 365 g/mol. The summed E-state index contributed by atoms with van der Waals surface area (Å²) in [4.78, 5) is 28.8. The summed E-state index contributed by atoms with van der Waals surface area (Å²) in [6, 6.07) is 13.3. The van der Waals surface area contributed by atoms with Gasteiger partial charge in [0.15, 0.2) is 0 Å². The molecule has 0 aliphatic rings. The van der Waals surface area contributed by atoms with E-state index in [9.17, 15) is 14.0 Å². The lowest BCUT2D eigenvalue weighted by Crippen LogP contribution is -2.30. The predicted molar refractivity (Wildman–Crippen MR) is 98.1 cm³/mol. The van der Waals surface area contributed by atoms with Gasteiger partial charge in [0, 0.05) is 10.9 Å². The molecule has 0 aliphatic heterocycles. The number of benzene rings is 2. The predicted octanol–water partition coefficient (Wildman–Crippen LogP) is 3.47. The second kappa shape index (κ2) is 7.07. The number of carbonyl (C=O) groups is 1. The van der Waals surface area contributed by atoms with Crippen LogP contribution in [0.25, 0.3) is 22.4 Å². The topological polar surface area (TPSA) is 98.2 Å². The Balaban J connectivity index is 1.54. The van der Waals surface area contributed by atoms with E-state index in [2.05, 4.69) is 15.5 Å². The molecule has 2 aromatic heterocycles. The third-order valence-electron chi connectivity index (χ3n) is 4.15. The average molecular weight is 379 g/mol. The molecule has 2 aromatic carbocycles. The van der Waals surface area contributed by atoms with Gasteiger partial charge in [0.2, 0.25) is 11.7 Å². The van der Waals surface area contributed by atoms with Crippen molar-refractivity contribution in [1.82, 2.24) is 15.5 Å². The van der Waals surface area contributed by atoms with Crippen molar-refractivity contribution in [3.05, 3.63) is 82.3 Å². The second-order valence-electron chi connectivity index (χ2n) is 6.14. The normalized spacial score (nSPS) is 12.1. The summed E-state index contributed by atoms with van der Waals surface area (Å²) in [5.74, 6) is -0.574. The van der Waals surface area contributed by atoms with Crippen molar-refractivity contribution >= 4 is 16.9 Å². The largest absolute Gasteiger partial charge is 0.422 e. The van der Waals surface area contributed by atoms with E-state index < -0.39 is 17.6 Å². The zero-order chi connectivity index (χ0) is 19.7. The number of fused-ring (bicyclic) bond motifs is 1. The molecule has 140 valence electrons. The van der Waals surface area contributed by atoms with Gasteiger partial charge >= 0.3 is 5.63 Å². The minimum Gasteiger partial charge on any atom is -0.422 e. The van der Waals surface area contributed by atoms with E-state index in [1.54, 1.807) is 31.2 Å². The van der Waals surface area contributed by atoms with Crippen LogP contribution < -0.4 is 10.9 Å². The van der Waals surface area contributed by atoms with Crippen LogP contribution in [-0.2, 0) is 0 Å². The SMILES string of the molecule is C[C@H](NC(=O)c1cc2ccccc2oc1=O)c1nc(-c2ccc(F)cc2)no1. The minimum absolute atomic E-state index is 0.121. The van der Waals surface area contributed by atoms with E-state index >= 15 is 0 Å². The fourth-order valence-electron chi connectivity index (χ4n) is 2.68. The summed E-state index contributed by atoms with van der Waals surface area (Å²) < 4.78 is 23.4. The van der Waals surface area contributed by atoms with Crippen molar-refractivity contribution < 1.29 is 18.1 Å². The summed E-state index contributed by atoms with van der Waals surface area (Å²) in [6.07, 6.45) is 0. The van der Waals surface area contributed by atoms with Crippen LogP contribution in [0.15, 0.2) is 68.3 Å². The molecule has 1 N–H and O–H groups in total. The van der Waals surface area contributed by atoms with Gasteiger partial charge in [-0.15, -0.1) is 0 Å². The molecule has 0 spiro atoms. The molecule has 4 rings (SSSR count). The highest BCUT2D eigenvalue weighted by atomic mass is 19.1. The fraction of sp³-hybridized carbons (Fsp3) is 0.100. The first-order valence-electron chi connectivity index (χ1n) is 8.44. The standard InChI is InChI=1S/C20H14FN3O4/c1-11(19-23-17(24-28-19)12-6-8-14(21)9-7-12)22-18(25)15-10-13-4-2-3-5-16(13)27-20(15)26/h2-11H,1H3,(H,22,25)/t11-/m0/s1. The highest BCUT2D eigenvalue weighted by Gasteiger charge is 2.21. The maximum Gasteiger partial charge on any atom is 0.349 e. The number of carbonyl (C=O) groups excluding carboxylic acids is 1. The van der Waals surface area contributed by atoms with Crippen LogP contribution in [-0.4, -0.2) is 16.0 Å². The van der Waals surface area contributed by atoms with E-state index in [4.69, 9.17) is 8.94 Å². The summed E-state index contributed by atoms with van der Waals surface area (Å²) in [7, 11) is 0. The molecule has 0 fully saturated rings. The Morgan fingerprint density at radius 2 is 1.89 bits per heavy atom. The van der Waals surface area contributed by atoms with E-state index in [-0.39, 0.29) is 23.1 Å². The zero-order valence-electron chi connectivity index (χ0n) is 14.7. The van der Waals surface area contributed by atoms with Gasteiger partial charge in [0.1, 0.15) is 23.0 Å². The summed E-state index contributed by atoms with van der Waals surface area (Å²) in [5.41, 5.74) is 0.118. The molecule has 0 aliphatic carbocycles. The Morgan fingerprint density at radius 3 is 2.68 bits per heavy atom. The molecule has 1 atom stereocenters. The maximum atomic E-state index is 13.0. The fourth-order valence-corrected chi connectivity index (χ4v) is 2.68. The van der Waals surface area contributed by atoms with Crippen molar-refractivity contribution in [2.24, 2.45) is 0 Å². The van der Waals surface area contributed by atoms with Gasteiger partial charge < -0.3 is 14.3 Å². The molecule has 2 heterocycles. The highest BCUT2D eigenvalue weighted by Crippen LogP contribution is 2.19. The van der Waals surface area contributed by atoms with Gasteiger partial charge in [-0.3, -0.25) is 4.79 Å². The second-order valence-corrected chi connectivity index (χ2v) is 6.14. The monoisotopic (exact) mass is 379 g/mol.